The number of carboxylic acids is 1. The standard InChI is InChI=1S/C15H20ClN3O3/c16-13-5-4-12(9-17-13)18-14(20)8-11(15(21)22)10-19-6-2-1-3-7-19/h4-5,9,11H,1-3,6-8,10H2,(H,18,20)(H,21,22)/t11-/m1/s1. The maximum absolute atomic E-state index is 12.0. The number of amides is 1. The number of hydrogen-bond donors (Lipinski definition) is 2. The number of pyridine rings is 1. The molecule has 0 unspecified atom stereocenters. The van der Waals surface area contributed by atoms with E-state index in [0.717, 1.165) is 25.9 Å². The molecule has 0 saturated carbocycles. The van der Waals surface area contributed by atoms with E-state index in [1.165, 1.54) is 12.6 Å². The van der Waals surface area contributed by atoms with Crippen molar-refractivity contribution >= 4 is 29.2 Å². The van der Waals surface area contributed by atoms with Gasteiger partial charge in [0.1, 0.15) is 5.15 Å². The number of aromatic nitrogens is 1. The second kappa shape index (κ2) is 8.10. The molecular formula is C15H20ClN3O3. The maximum Gasteiger partial charge on any atom is 0.308 e. The highest BCUT2D eigenvalue weighted by atomic mass is 35.5. The number of anilines is 1. The molecule has 7 heteroatoms. The molecule has 1 fully saturated rings. The first-order chi connectivity index (χ1) is 10.5. The van der Waals surface area contributed by atoms with Gasteiger partial charge in [0.2, 0.25) is 5.91 Å². The molecular weight excluding hydrogens is 306 g/mol. The van der Waals surface area contributed by atoms with Gasteiger partial charge in [-0.1, -0.05) is 18.0 Å². The van der Waals surface area contributed by atoms with Crippen LogP contribution in [0.1, 0.15) is 25.7 Å². The molecule has 0 spiro atoms. The summed E-state index contributed by atoms with van der Waals surface area (Å²) in [5.74, 6) is -1.96. The van der Waals surface area contributed by atoms with Crippen LogP contribution in [-0.2, 0) is 9.59 Å². The summed E-state index contributed by atoms with van der Waals surface area (Å²) in [5.41, 5.74) is 0.511. The van der Waals surface area contributed by atoms with Gasteiger partial charge in [-0.2, -0.15) is 0 Å². The van der Waals surface area contributed by atoms with Crippen LogP contribution in [0.5, 0.6) is 0 Å². The van der Waals surface area contributed by atoms with Crippen molar-refractivity contribution in [3.05, 3.63) is 23.5 Å². The molecule has 1 aliphatic rings. The molecule has 1 atom stereocenters. The second-order valence-electron chi connectivity index (χ2n) is 5.52. The highest BCUT2D eigenvalue weighted by Gasteiger charge is 2.25. The van der Waals surface area contributed by atoms with E-state index < -0.39 is 11.9 Å². The van der Waals surface area contributed by atoms with Crippen LogP contribution in [0.3, 0.4) is 0 Å². The van der Waals surface area contributed by atoms with Crippen LogP contribution >= 0.6 is 11.6 Å². The van der Waals surface area contributed by atoms with Crippen molar-refractivity contribution in [2.24, 2.45) is 5.92 Å². The predicted octanol–water partition coefficient (Wildman–Crippen LogP) is 2.25. The Morgan fingerprint density at radius 3 is 2.64 bits per heavy atom. The van der Waals surface area contributed by atoms with Crippen molar-refractivity contribution in [3.8, 4) is 0 Å². The number of carbonyl (C=O) groups excluding carboxylic acids is 1. The van der Waals surface area contributed by atoms with Crippen molar-refractivity contribution in [1.82, 2.24) is 9.88 Å². The Hall–Kier alpha value is -1.66. The van der Waals surface area contributed by atoms with E-state index in [9.17, 15) is 14.7 Å². The van der Waals surface area contributed by atoms with E-state index in [0.29, 0.717) is 17.4 Å². The Labute approximate surface area is 134 Å². The number of likely N-dealkylation sites (tertiary alicyclic amines) is 1. The number of hydrogen-bond acceptors (Lipinski definition) is 4. The summed E-state index contributed by atoms with van der Waals surface area (Å²) in [6.45, 7) is 2.24. The van der Waals surface area contributed by atoms with E-state index in [1.54, 1.807) is 12.1 Å². The maximum atomic E-state index is 12.0. The summed E-state index contributed by atoms with van der Waals surface area (Å²) in [4.78, 5) is 29.4. The normalized spacial score (nSPS) is 17.0. The quantitative estimate of drug-likeness (QED) is 0.784. The first-order valence-electron chi connectivity index (χ1n) is 7.41. The predicted molar refractivity (Wildman–Crippen MR) is 83.9 cm³/mol. The summed E-state index contributed by atoms with van der Waals surface area (Å²) < 4.78 is 0. The summed E-state index contributed by atoms with van der Waals surface area (Å²) in [6, 6.07) is 3.20. The van der Waals surface area contributed by atoms with Gasteiger partial charge in [-0.3, -0.25) is 9.59 Å². The number of halogens is 1. The molecule has 1 aromatic rings. The third kappa shape index (κ3) is 5.27. The fraction of sp³-hybridized carbons (Fsp3) is 0.533. The van der Waals surface area contributed by atoms with E-state index in [4.69, 9.17) is 11.6 Å². The molecule has 0 aromatic carbocycles. The smallest absolute Gasteiger partial charge is 0.308 e. The Kier molecular flexibility index (Phi) is 6.15. The number of carbonyl (C=O) groups is 2. The minimum Gasteiger partial charge on any atom is -0.481 e. The van der Waals surface area contributed by atoms with Gasteiger partial charge >= 0.3 is 5.97 Å². The van der Waals surface area contributed by atoms with Crippen LogP contribution in [0.15, 0.2) is 18.3 Å². The molecule has 2 N–H and O–H groups in total. The molecule has 1 amide bonds. The number of nitrogens with one attached hydrogen (secondary N) is 1. The first kappa shape index (κ1) is 16.7. The average Bonchev–Trinajstić information content (AvgIpc) is 2.50. The number of carboxylic acid groups (broad SMARTS) is 1. The Balaban J connectivity index is 1.87. The zero-order chi connectivity index (χ0) is 15.9. The van der Waals surface area contributed by atoms with Gasteiger partial charge in [0.05, 0.1) is 17.8 Å². The van der Waals surface area contributed by atoms with E-state index in [-0.39, 0.29) is 12.3 Å². The molecule has 1 saturated heterocycles. The second-order valence-corrected chi connectivity index (χ2v) is 5.91. The number of nitrogens with zero attached hydrogens (tertiary/aromatic N) is 2. The van der Waals surface area contributed by atoms with Crippen molar-refractivity contribution in [2.75, 3.05) is 25.0 Å². The van der Waals surface area contributed by atoms with Gasteiger partial charge in [0, 0.05) is 13.0 Å². The number of rotatable bonds is 6. The first-order valence-corrected chi connectivity index (χ1v) is 7.79. The van der Waals surface area contributed by atoms with E-state index >= 15 is 0 Å². The molecule has 120 valence electrons. The average molecular weight is 326 g/mol. The van der Waals surface area contributed by atoms with Crippen molar-refractivity contribution < 1.29 is 14.7 Å². The topological polar surface area (TPSA) is 82.5 Å². The SMILES string of the molecule is O=C(C[C@H](CN1CCCCC1)C(=O)O)Nc1ccc(Cl)nc1. The van der Waals surface area contributed by atoms with Crippen LogP contribution in [0.25, 0.3) is 0 Å². The Morgan fingerprint density at radius 1 is 1.32 bits per heavy atom. The van der Waals surface area contributed by atoms with Crippen LogP contribution in [0.4, 0.5) is 5.69 Å². The van der Waals surface area contributed by atoms with Crippen LogP contribution < -0.4 is 5.32 Å². The fourth-order valence-corrected chi connectivity index (χ4v) is 2.68. The number of aliphatic carboxylic acids is 1. The third-order valence-corrected chi connectivity index (χ3v) is 3.94. The largest absolute Gasteiger partial charge is 0.481 e. The van der Waals surface area contributed by atoms with Gasteiger partial charge in [0.15, 0.2) is 0 Å². The molecule has 6 nitrogen and oxygen atoms in total. The molecule has 0 bridgehead atoms. The lowest BCUT2D eigenvalue weighted by molar-refractivity contribution is -0.144. The fourth-order valence-electron chi connectivity index (χ4n) is 2.57. The van der Waals surface area contributed by atoms with Crippen LogP contribution in [0, 0.1) is 5.92 Å². The van der Waals surface area contributed by atoms with Crippen LogP contribution in [-0.4, -0.2) is 46.5 Å². The molecule has 22 heavy (non-hydrogen) atoms. The lowest BCUT2D eigenvalue weighted by Gasteiger charge is -2.28. The molecule has 0 aliphatic carbocycles. The molecule has 2 rings (SSSR count). The minimum absolute atomic E-state index is 0.0472. The summed E-state index contributed by atoms with van der Waals surface area (Å²) in [6.07, 6.45) is 4.78. The van der Waals surface area contributed by atoms with E-state index in [2.05, 4.69) is 15.2 Å². The molecule has 0 radical (unpaired) electrons. The third-order valence-electron chi connectivity index (χ3n) is 3.72. The van der Waals surface area contributed by atoms with Gasteiger partial charge in [0.25, 0.3) is 0 Å². The van der Waals surface area contributed by atoms with Gasteiger partial charge < -0.3 is 15.3 Å². The van der Waals surface area contributed by atoms with Gasteiger partial charge in [-0.25, -0.2) is 4.98 Å². The van der Waals surface area contributed by atoms with Crippen LogP contribution in [0.2, 0.25) is 5.15 Å². The van der Waals surface area contributed by atoms with Crippen molar-refractivity contribution in [2.45, 2.75) is 25.7 Å². The highest BCUT2D eigenvalue weighted by molar-refractivity contribution is 6.29. The van der Waals surface area contributed by atoms with Gasteiger partial charge in [-0.15, -0.1) is 0 Å². The van der Waals surface area contributed by atoms with Gasteiger partial charge in [-0.05, 0) is 38.1 Å². The van der Waals surface area contributed by atoms with E-state index in [1.807, 2.05) is 0 Å². The van der Waals surface area contributed by atoms with Crippen molar-refractivity contribution in [1.29, 1.82) is 0 Å². The highest BCUT2D eigenvalue weighted by Crippen LogP contribution is 2.15. The Bertz CT molecular complexity index is 515. The monoisotopic (exact) mass is 325 g/mol. The number of piperidine rings is 1. The molecule has 2 heterocycles. The molecule has 1 aromatic heterocycles. The minimum atomic E-state index is -0.935. The van der Waals surface area contributed by atoms with Crippen molar-refractivity contribution in [3.63, 3.8) is 0 Å². The lowest BCUT2D eigenvalue weighted by atomic mass is 10.0. The summed E-state index contributed by atoms with van der Waals surface area (Å²) in [7, 11) is 0. The molecule has 1 aliphatic heterocycles. The zero-order valence-corrected chi connectivity index (χ0v) is 13.1. The summed E-state index contributed by atoms with van der Waals surface area (Å²) in [5, 5.41) is 12.3. The summed E-state index contributed by atoms with van der Waals surface area (Å²) >= 11 is 5.68. The lowest BCUT2D eigenvalue weighted by Crippen LogP contribution is -2.38. The Morgan fingerprint density at radius 2 is 2.05 bits per heavy atom. The zero-order valence-electron chi connectivity index (χ0n) is 12.3.